The largest absolute Gasteiger partial charge is 0.396 e. The zero-order chi connectivity index (χ0) is 13.5. The molecule has 0 bridgehead atoms. The van der Waals surface area contributed by atoms with Gasteiger partial charge in [0.25, 0.3) is 0 Å². The minimum atomic E-state index is 0.306. The van der Waals surface area contributed by atoms with Crippen molar-refractivity contribution in [2.45, 2.75) is 38.8 Å². The zero-order valence-electron chi connectivity index (χ0n) is 11.6. The lowest BCUT2D eigenvalue weighted by Gasteiger charge is -2.04. The van der Waals surface area contributed by atoms with Crippen LogP contribution in [0.3, 0.4) is 0 Å². The van der Waals surface area contributed by atoms with Crippen molar-refractivity contribution in [3.8, 4) is 0 Å². The quantitative estimate of drug-likeness (QED) is 0.717. The number of fused-ring (bicyclic) bond motifs is 1. The van der Waals surface area contributed by atoms with Crippen molar-refractivity contribution in [3.63, 3.8) is 0 Å². The third-order valence-corrected chi connectivity index (χ3v) is 3.39. The molecule has 4 nitrogen and oxygen atoms in total. The molecule has 2 aromatic heterocycles. The first-order chi connectivity index (χ1) is 9.36. The molecule has 19 heavy (non-hydrogen) atoms. The van der Waals surface area contributed by atoms with E-state index in [0.717, 1.165) is 44.4 Å². The molecule has 0 atom stereocenters. The van der Waals surface area contributed by atoms with Crippen molar-refractivity contribution in [2.75, 3.05) is 13.7 Å². The number of hydrogen-bond acceptors (Lipinski definition) is 3. The average molecular weight is 261 g/mol. The van der Waals surface area contributed by atoms with Crippen molar-refractivity contribution < 1.29 is 5.11 Å². The summed E-state index contributed by atoms with van der Waals surface area (Å²) < 4.78 is 2.25. The summed E-state index contributed by atoms with van der Waals surface area (Å²) in [6.07, 6.45) is 8.38. The second-order valence-corrected chi connectivity index (χ2v) is 4.89. The van der Waals surface area contributed by atoms with Gasteiger partial charge in [0.1, 0.15) is 5.65 Å². The van der Waals surface area contributed by atoms with Crippen LogP contribution in [0.1, 0.15) is 31.2 Å². The molecule has 0 fully saturated rings. The smallest absolute Gasteiger partial charge is 0.140 e. The number of nitrogens with one attached hydrogen (secondary N) is 1. The molecule has 4 heteroatoms. The van der Waals surface area contributed by atoms with Crippen molar-refractivity contribution in [2.24, 2.45) is 0 Å². The van der Waals surface area contributed by atoms with Gasteiger partial charge in [-0.1, -0.05) is 12.8 Å². The highest BCUT2D eigenvalue weighted by atomic mass is 16.2. The lowest BCUT2D eigenvalue weighted by molar-refractivity contribution is 0.282. The number of hydrogen-bond donors (Lipinski definition) is 2. The SMILES string of the molecule is CNCc1cn(CCCCCCO)c2ncccc12. The van der Waals surface area contributed by atoms with Gasteiger partial charge in [0.05, 0.1) is 0 Å². The Kier molecular flexibility index (Phi) is 5.36. The second kappa shape index (κ2) is 7.26. The summed E-state index contributed by atoms with van der Waals surface area (Å²) in [6.45, 7) is 2.18. The van der Waals surface area contributed by atoms with Gasteiger partial charge in [0, 0.05) is 37.5 Å². The molecule has 0 aliphatic rings. The van der Waals surface area contributed by atoms with E-state index in [2.05, 4.69) is 27.1 Å². The molecule has 0 radical (unpaired) electrons. The molecule has 104 valence electrons. The van der Waals surface area contributed by atoms with Gasteiger partial charge in [-0.15, -0.1) is 0 Å². The molecule has 2 aromatic rings. The molecular formula is C15H23N3O. The lowest BCUT2D eigenvalue weighted by Crippen LogP contribution is -2.04. The third kappa shape index (κ3) is 3.55. The molecule has 0 aliphatic carbocycles. The third-order valence-electron chi connectivity index (χ3n) is 3.39. The van der Waals surface area contributed by atoms with Crippen LogP contribution in [0.4, 0.5) is 0 Å². The predicted octanol–water partition coefficient (Wildman–Crippen LogP) is 2.31. The van der Waals surface area contributed by atoms with Gasteiger partial charge in [-0.3, -0.25) is 0 Å². The minimum Gasteiger partial charge on any atom is -0.396 e. The topological polar surface area (TPSA) is 50.1 Å². The van der Waals surface area contributed by atoms with E-state index in [0.29, 0.717) is 6.61 Å². The number of nitrogens with zero attached hydrogens (tertiary/aromatic N) is 2. The number of pyridine rings is 1. The van der Waals surface area contributed by atoms with Crippen molar-refractivity contribution in [3.05, 3.63) is 30.1 Å². The standard InChI is InChI=1S/C15H23N3O/c1-16-11-13-12-18(9-4-2-3-5-10-19)15-14(13)7-6-8-17-15/h6-8,12,16,19H,2-5,9-11H2,1H3. The molecule has 2 N–H and O–H groups in total. The molecule has 2 heterocycles. The summed E-state index contributed by atoms with van der Waals surface area (Å²) >= 11 is 0. The molecule has 2 rings (SSSR count). The Bertz CT molecular complexity index is 507. The summed E-state index contributed by atoms with van der Waals surface area (Å²) in [5, 5.41) is 13.2. The predicted molar refractivity (Wildman–Crippen MR) is 78.1 cm³/mol. The molecule has 0 saturated carbocycles. The van der Waals surface area contributed by atoms with Crippen molar-refractivity contribution in [1.82, 2.24) is 14.9 Å². The Morgan fingerprint density at radius 1 is 1.26 bits per heavy atom. The van der Waals surface area contributed by atoms with Crippen LogP contribution in [0, 0.1) is 0 Å². The Morgan fingerprint density at radius 3 is 2.89 bits per heavy atom. The number of aryl methyl sites for hydroxylation is 1. The van der Waals surface area contributed by atoms with E-state index in [1.165, 1.54) is 10.9 Å². The van der Waals surface area contributed by atoms with Crippen LogP contribution in [-0.4, -0.2) is 28.3 Å². The highest BCUT2D eigenvalue weighted by molar-refractivity contribution is 5.80. The molecule has 0 spiro atoms. The van der Waals surface area contributed by atoms with Gasteiger partial charge in [-0.2, -0.15) is 0 Å². The van der Waals surface area contributed by atoms with Crippen LogP contribution >= 0.6 is 0 Å². The van der Waals surface area contributed by atoms with E-state index in [-0.39, 0.29) is 0 Å². The van der Waals surface area contributed by atoms with Crippen LogP contribution < -0.4 is 5.32 Å². The summed E-state index contributed by atoms with van der Waals surface area (Å²) in [4.78, 5) is 4.49. The Hall–Kier alpha value is -1.39. The molecule has 0 aromatic carbocycles. The van der Waals surface area contributed by atoms with Gasteiger partial charge < -0.3 is 15.0 Å². The van der Waals surface area contributed by atoms with Gasteiger partial charge in [-0.25, -0.2) is 4.98 Å². The van der Waals surface area contributed by atoms with Crippen molar-refractivity contribution >= 4 is 11.0 Å². The van der Waals surface area contributed by atoms with E-state index in [1.54, 1.807) is 0 Å². The van der Waals surface area contributed by atoms with E-state index in [4.69, 9.17) is 5.11 Å². The van der Waals surface area contributed by atoms with Gasteiger partial charge in [-0.05, 0) is 37.6 Å². The monoisotopic (exact) mass is 261 g/mol. The fraction of sp³-hybridized carbons (Fsp3) is 0.533. The maximum absolute atomic E-state index is 8.76. The maximum Gasteiger partial charge on any atom is 0.140 e. The highest BCUT2D eigenvalue weighted by Gasteiger charge is 2.07. The second-order valence-electron chi connectivity index (χ2n) is 4.89. The maximum atomic E-state index is 8.76. The van der Waals surface area contributed by atoms with Crippen LogP contribution in [0.5, 0.6) is 0 Å². The first-order valence-electron chi connectivity index (χ1n) is 7.05. The van der Waals surface area contributed by atoms with Crippen molar-refractivity contribution in [1.29, 1.82) is 0 Å². The zero-order valence-corrected chi connectivity index (χ0v) is 11.6. The summed E-state index contributed by atoms with van der Waals surface area (Å²) in [5.41, 5.74) is 2.39. The normalized spacial score (nSPS) is 11.3. The molecule has 0 amide bonds. The van der Waals surface area contributed by atoms with Crippen LogP contribution in [-0.2, 0) is 13.1 Å². The first kappa shape index (κ1) is 14.0. The Labute approximate surface area is 114 Å². The van der Waals surface area contributed by atoms with Gasteiger partial charge >= 0.3 is 0 Å². The number of rotatable bonds is 8. The van der Waals surface area contributed by atoms with Crippen LogP contribution in [0.2, 0.25) is 0 Å². The highest BCUT2D eigenvalue weighted by Crippen LogP contribution is 2.20. The summed E-state index contributed by atoms with van der Waals surface area (Å²) in [7, 11) is 1.97. The number of aliphatic hydroxyl groups is 1. The minimum absolute atomic E-state index is 0.306. The summed E-state index contributed by atoms with van der Waals surface area (Å²) in [5.74, 6) is 0. The van der Waals surface area contributed by atoms with Gasteiger partial charge in [0.15, 0.2) is 0 Å². The van der Waals surface area contributed by atoms with E-state index in [9.17, 15) is 0 Å². The molecule has 0 unspecified atom stereocenters. The van der Waals surface area contributed by atoms with Crippen LogP contribution in [0.25, 0.3) is 11.0 Å². The summed E-state index contributed by atoms with van der Waals surface area (Å²) in [6, 6.07) is 4.13. The van der Waals surface area contributed by atoms with Crippen LogP contribution in [0.15, 0.2) is 24.5 Å². The Balaban J connectivity index is 2.05. The van der Waals surface area contributed by atoms with Gasteiger partial charge in [0.2, 0.25) is 0 Å². The van der Waals surface area contributed by atoms with E-state index < -0.39 is 0 Å². The molecular weight excluding hydrogens is 238 g/mol. The van der Waals surface area contributed by atoms with E-state index >= 15 is 0 Å². The molecule has 0 saturated heterocycles. The fourth-order valence-corrected chi connectivity index (χ4v) is 2.44. The fourth-order valence-electron chi connectivity index (χ4n) is 2.44. The molecule has 0 aliphatic heterocycles. The number of unbranched alkanes of at least 4 members (excludes halogenated alkanes) is 3. The number of aliphatic hydroxyl groups excluding tert-OH is 1. The lowest BCUT2D eigenvalue weighted by atomic mass is 10.2. The van der Waals surface area contributed by atoms with E-state index in [1.807, 2.05) is 19.3 Å². The first-order valence-corrected chi connectivity index (χ1v) is 7.05. The average Bonchev–Trinajstić information content (AvgIpc) is 2.78. The Morgan fingerprint density at radius 2 is 2.11 bits per heavy atom. The number of aromatic nitrogens is 2.